The first-order valence-corrected chi connectivity index (χ1v) is 12.7. The quantitative estimate of drug-likeness (QED) is 0.662. The predicted octanol–water partition coefficient (Wildman–Crippen LogP) is 4.99. The molecule has 176 valence electrons. The molecule has 0 aromatic heterocycles. The Kier molecular flexibility index (Phi) is 6.44. The fourth-order valence-corrected chi connectivity index (χ4v) is 7.42. The van der Waals surface area contributed by atoms with Gasteiger partial charge in [0.15, 0.2) is 0 Å². The minimum absolute atomic E-state index is 0.121. The van der Waals surface area contributed by atoms with Gasteiger partial charge >= 0.3 is 0 Å². The van der Waals surface area contributed by atoms with Crippen molar-refractivity contribution in [1.29, 1.82) is 0 Å². The van der Waals surface area contributed by atoms with Crippen LogP contribution < -0.4 is 0 Å². The van der Waals surface area contributed by atoms with Crippen LogP contribution in [0.2, 0.25) is 0 Å². The number of carbonyl (C=O) groups is 2. The van der Waals surface area contributed by atoms with Gasteiger partial charge in [-0.3, -0.25) is 14.4 Å². The molecule has 5 heteroatoms. The highest BCUT2D eigenvalue weighted by Crippen LogP contribution is 2.47. The molecule has 0 amide bonds. The number of nitrogens with zero attached hydrogens (tertiary/aromatic N) is 1. The zero-order chi connectivity index (χ0) is 22.4. The average molecular weight is 434 g/mol. The summed E-state index contributed by atoms with van der Waals surface area (Å²) >= 11 is 0. The first-order chi connectivity index (χ1) is 14.5. The smallest absolute Gasteiger partial charge is 0.138 e. The Labute approximate surface area is 188 Å². The van der Waals surface area contributed by atoms with E-state index in [1.165, 1.54) is 12.8 Å². The second-order valence-corrected chi connectivity index (χ2v) is 12.6. The SMILES string of the molecule is CC1(C)CC(=O)CC(C)(C)N1OC1C[C@@H]2CC(C(=O)CC3(O)CCCCC3)C[C@H](C1)C2. The second-order valence-electron chi connectivity index (χ2n) is 12.6. The number of fused-ring (bicyclic) bond motifs is 2. The van der Waals surface area contributed by atoms with Crippen LogP contribution in [-0.4, -0.2) is 44.5 Å². The van der Waals surface area contributed by atoms with E-state index in [-0.39, 0.29) is 23.1 Å². The fourth-order valence-electron chi connectivity index (χ4n) is 7.42. The van der Waals surface area contributed by atoms with Crippen LogP contribution in [0.3, 0.4) is 0 Å². The molecule has 5 nitrogen and oxygen atoms in total. The predicted molar refractivity (Wildman–Crippen MR) is 120 cm³/mol. The third-order valence-electron chi connectivity index (χ3n) is 8.45. The van der Waals surface area contributed by atoms with Crippen molar-refractivity contribution in [2.24, 2.45) is 17.8 Å². The Balaban J connectivity index is 1.35. The Morgan fingerprint density at radius 1 is 0.935 bits per heavy atom. The van der Waals surface area contributed by atoms with Gasteiger partial charge in [-0.25, -0.2) is 0 Å². The summed E-state index contributed by atoms with van der Waals surface area (Å²) in [6, 6.07) is 0. The topological polar surface area (TPSA) is 66.8 Å². The van der Waals surface area contributed by atoms with Crippen LogP contribution in [0.25, 0.3) is 0 Å². The number of hydrogen-bond donors (Lipinski definition) is 1. The molecule has 0 aromatic rings. The van der Waals surface area contributed by atoms with E-state index in [2.05, 4.69) is 32.8 Å². The van der Waals surface area contributed by atoms with Gasteiger partial charge in [0.05, 0.1) is 11.7 Å². The highest BCUT2D eigenvalue weighted by Gasteiger charge is 2.48. The molecule has 1 saturated heterocycles. The molecule has 1 N–H and O–H groups in total. The van der Waals surface area contributed by atoms with Crippen LogP contribution in [0.4, 0.5) is 0 Å². The number of aliphatic hydroxyl groups is 1. The highest BCUT2D eigenvalue weighted by molar-refractivity contribution is 5.82. The molecule has 1 aliphatic heterocycles. The van der Waals surface area contributed by atoms with E-state index >= 15 is 0 Å². The third-order valence-corrected chi connectivity index (χ3v) is 8.45. The Morgan fingerprint density at radius 2 is 1.48 bits per heavy atom. The van der Waals surface area contributed by atoms with Crippen LogP contribution in [0.5, 0.6) is 0 Å². The maximum atomic E-state index is 13.1. The summed E-state index contributed by atoms with van der Waals surface area (Å²) in [5.74, 6) is 1.80. The monoisotopic (exact) mass is 433 g/mol. The summed E-state index contributed by atoms with van der Waals surface area (Å²) in [6.07, 6.45) is 11.6. The zero-order valence-corrected chi connectivity index (χ0v) is 20.1. The van der Waals surface area contributed by atoms with Crippen molar-refractivity contribution >= 4 is 11.6 Å². The minimum atomic E-state index is -0.740. The normalized spacial score (nSPS) is 37.4. The van der Waals surface area contributed by atoms with Crippen LogP contribution >= 0.6 is 0 Å². The van der Waals surface area contributed by atoms with E-state index < -0.39 is 5.60 Å². The first-order valence-electron chi connectivity index (χ1n) is 12.7. The van der Waals surface area contributed by atoms with Gasteiger partial charge in [0.2, 0.25) is 0 Å². The second kappa shape index (κ2) is 8.53. The number of hydrogen-bond acceptors (Lipinski definition) is 5. The molecule has 0 spiro atoms. The van der Waals surface area contributed by atoms with Gasteiger partial charge in [-0.15, -0.1) is 0 Å². The molecule has 2 bridgehead atoms. The van der Waals surface area contributed by atoms with Gasteiger partial charge in [-0.1, -0.05) is 19.3 Å². The Hall–Kier alpha value is -0.780. The number of ketones is 2. The van der Waals surface area contributed by atoms with E-state index in [9.17, 15) is 14.7 Å². The molecule has 3 aliphatic carbocycles. The van der Waals surface area contributed by atoms with Gasteiger partial charge in [0.1, 0.15) is 11.6 Å². The molecule has 4 fully saturated rings. The molecular formula is C26H43NO4. The average Bonchev–Trinajstić information content (AvgIpc) is 2.63. The van der Waals surface area contributed by atoms with Gasteiger partial charge in [0, 0.05) is 36.3 Å². The maximum absolute atomic E-state index is 13.1. The highest BCUT2D eigenvalue weighted by atomic mass is 16.7. The lowest BCUT2D eigenvalue weighted by Crippen LogP contribution is -2.62. The van der Waals surface area contributed by atoms with Crippen molar-refractivity contribution < 1.29 is 19.5 Å². The van der Waals surface area contributed by atoms with Crippen molar-refractivity contribution in [3.05, 3.63) is 0 Å². The van der Waals surface area contributed by atoms with Gasteiger partial charge in [-0.05, 0) is 84.5 Å². The number of Topliss-reactive ketones (excluding diaryl/α,β-unsaturated/α-hetero) is 2. The van der Waals surface area contributed by atoms with Crippen molar-refractivity contribution in [3.8, 4) is 0 Å². The Morgan fingerprint density at radius 3 is 2.03 bits per heavy atom. The molecule has 0 radical (unpaired) electrons. The Bertz CT molecular complexity index is 660. The lowest BCUT2D eigenvalue weighted by atomic mass is 9.65. The number of piperidine rings is 1. The molecule has 4 aliphatic rings. The number of hydroxylamine groups is 2. The molecule has 31 heavy (non-hydrogen) atoms. The van der Waals surface area contributed by atoms with Gasteiger partial charge in [0.25, 0.3) is 0 Å². The minimum Gasteiger partial charge on any atom is -0.389 e. The lowest BCUT2D eigenvalue weighted by Gasteiger charge is -2.53. The summed E-state index contributed by atoms with van der Waals surface area (Å²) in [5.41, 5.74) is -1.32. The van der Waals surface area contributed by atoms with Crippen LogP contribution in [0.15, 0.2) is 0 Å². The van der Waals surface area contributed by atoms with E-state index in [4.69, 9.17) is 4.84 Å². The van der Waals surface area contributed by atoms with E-state index in [1.54, 1.807) is 0 Å². The summed E-state index contributed by atoms with van der Waals surface area (Å²) in [7, 11) is 0. The molecule has 4 rings (SSSR count). The van der Waals surface area contributed by atoms with Crippen LogP contribution in [-0.2, 0) is 14.4 Å². The van der Waals surface area contributed by atoms with Crippen LogP contribution in [0, 0.1) is 17.8 Å². The molecule has 2 unspecified atom stereocenters. The van der Waals surface area contributed by atoms with Crippen molar-refractivity contribution in [1.82, 2.24) is 5.06 Å². The molecule has 4 atom stereocenters. The summed E-state index contributed by atoms with van der Waals surface area (Å²) in [4.78, 5) is 31.9. The fraction of sp³-hybridized carbons (Fsp3) is 0.923. The number of carbonyl (C=O) groups excluding carboxylic acids is 2. The number of rotatable bonds is 5. The van der Waals surface area contributed by atoms with Crippen molar-refractivity contribution in [2.75, 3.05) is 0 Å². The van der Waals surface area contributed by atoms with Crippen molar-refractivity contribution in [2.45, 2.75) is 134 Å². The van der Waals surface area contributed by atoms with E-state index in [0.717, 1.165) is 51.4 Å². The van der Waals surface area contributed by atoms with Gasteiger partial charge < -0.3 is 5.11 Å². The molecule has 0 aromatic carbocycles. The lowest BCUT2D eigenvalue weighted by molar-refractivity contribution is -0.307. The standard InChI is InChI=1S/C26H43NO4/c1-24(2)15-21(28)16-25(3,4)27(24)31-22-13-18-10-19(14-22)12-20(11-18)23(29)17-26(30)8-6-5-7-9-26/h18-20,22,30H,5-17H2,1-4H3/t18-,19+,20?,22?. The van der Waals surface area contributed by atoms with Gasteiger partial charge in [-0.2, -0.15) is 5.06 Å². The van der Waals surface area contributed by atoms with Crippen LogP contribution in [0.1, 0.15) is 111 Å². The third kappa shape index (κ3) is 5.25. The van der Waals surface area contributed by atoms with E-state index in [0.29, 0.717) is 42.7 Å². The maximum Gasteiger partial charge on any atom is 0.138 e. The van der Waals surface area contributed by atoms with Crippen molar-refractivity contribution in [3.63, 3.8) is 0 Å². The first kappa shape index (κ1) is 23.4. The van der Waals surface area contributed by atoms with E-state index in [1.807, 2.05) is 0 Å². The molecule has 3 saturated carbocycles. The summed E-state index contributed by atoms with van der Waals surface area (Å²) in [5, 5.41) is 13.0. The molecular weight excluding hydrogens is 390 g/mol. The summed E-state index contributed by atoms with van der Waals surface area (Å²) < 4.78 is 0. The zero-order valence-electron chi connectivity index (χ0n) is 20.1. The largest absolute Gasteiger partial charge is 0.389 e. The molecule has 1 heterocycles. The summed E-state index contributed by atoms with van der Waals surface area (Å²) in [6.45, 7) is 8.45.